The predicted octanol–water partition coefficient (Wildman–Crippen LogP) is 5.65. The van der Waals surface area contributed by atoms with Gasteiger partial charge in [0.15, 0.2) is 5.82 Å². The molecular formula is C27H38F3N3O6. The summed E-state index contributed by atoms with van der Waals surface area (Å²) in [6, 6.07) is 2.26. The van der Waals surface area contributed by atoms with Crippen molar-refractivity contribution in [3.63, 3.8) is 0 Å². The highest BCUT2D eigenvalue weighted by Crippen LogP contribution is 2.41. The maximum atomic E-state index is 12.7. The summed E-state index contributed by atoms with van der Waals surface area (Å²) in [6.07, 6.45) is 1.40. The number of carbonyl (C=O) groups is 1. The Hall–Kier alpha value is -3.12. The second-order valence-corrected chi connectivity index (χ2v) is 8.99. The second kappa shape index (κ2) is 16.1. The number of nitrogens with zero attached hydrogens (tertiary/aromatic N) is 2. The Bertz CT molecular complexity index is 1050. The van der Waals surface area contributed by atoms with E-state index in [9.17, 15) is 28.2 Å². The van der Waals surface area contributed by atoms with Crippen LogP contribution in [0.1, 0.15) is 76.0 Å². The van der Waals surface area contributed by atoms with E-state index in [1.165, 1.54) is 6.07 Å². The van der Waals surface area contributed by atoms with Gasteiger partial charge in [0.2, 0.25) is 0 Å². The normalized spacial score (nSPS) is 13.8. The number of fused-ring (bicyclic) bond motifs is 3. The Balaban J connectivity index is 0.000000976. The van der Waals surface area contributed by atoms with E-state index < -0.39 is 17.9 Å². The molecule has 0 radical (unpaired) electrons. The number of phenols is 1. The van der Waals surface area contributed by atoms with Crippen molar-refractivity contribution in [2.75, 3.05) is 18.5 Å². The lowest BCUT2D eigenvalue weighted by Gasteiger charge is -2.22. The van der Waals surface area contributed by atoms with Crippen LogP contribution >= 0.6 is 0 Å². The maximum absolute atomic E-state index is 12.7. The zero-order valence-electron chi connectivity index (χ0n) is 22.6. The lowest BCUT2D eigenvalue weighted by molar-refractivity contribution is -0.274. The molecule has 3 rings (SSSR count). The molecule has 1 aliphatic rings. The Kier molecular flexibility index (Phi) is 13.2. The van der Waals surface area contributed by atoms with E-state index in [1.807, 2.05) is 0 Å². The van der Waals surface area contributed by atoms with Crippen LogP contribution < -0.4 is 10.1 Å². The largest absolute Gasteiger partial charge is 0.573 e. The van der Waals surface area contributed by atoms with Crippen LogP contribution in [0.15, 0.2) is 12.1 Å². The summed E-state index contributed by atoms with van der Waals surface area (Å²) in [6.45, 7) is 6.93. The third-order valence-corrected chi connectivity index (χ3v) is 6.18. The number of nitrogens with one attached hydrogen (secondary N) is 1. The molecule has 1 atom stereocenters. The highest BCUT2D eigenvalue weighted by molar-refractivity contribution is 5.76. The first-order valence-electron chi connectivity index (χ1n) is 13.2. The summed E-state index contributed by atoms with van der Waals surface area (Å²) in [5, 5.41) is 33.0. The minimum Gasteiger partial charge on any atom is -0.507 e. The van der Waals surface area contributed by atoms with Crippen molar-refractivity contribution in [3.8, 4) is 22.8 Å². The number of aliphatic hydroxyl groups excluding tert-OH is 1. The molecule has 0 saturated carbocycles. The van der Waals surface area contributed by atoms with Crippen LogP contribution in [0.2, 0.25) is 0 Å². The van der Waals surface area contributed by atoms with Gasteiger partial charge in [-0.3, -0.25) is 4.79 Å². The fraction of sp³-hybridized carbons (Fsp3) is 0.593. The molecule has 1 aromatic carbocycles. The minimum atomic E-state index is -4.89. The van der Waals surface area contributed by atoms with Crippen LogP contribution in [-0.2, 0) is 33.9 Å². The SMILES string of the molecule is CCCCCC(CC)Nc1nnc2c(c1CO)CCCOCc1cc(OC(F)(F)F)cc(O)c1-2.CCOC=O. The Morgan fingerprint density at radius 3 is 2.56 bits per heavy atom. The number of ether oxygens (including phenoxy) is 3. The topological polar surface area (TPSA) is 123 Å². The second-order valence-electron chi connectivity index (χ2n) is 8.99. The van der Waals surface area contributed by atoms with Crippen LogP contribution in [0.3, 0.4) is 0 Å². The van der Waals surface area contributed by atoms with Crippen LogP contribution in [0, 0.1) is 0 Å². The zero-order chi connectivity index (χ0) is 28.8. The number of hydrogen-bond acceptors (Lipinski definition) is 9. The van der Waals surface area contributed by atoms with E-state index in [0.717, 1.165) is 38.2 Å². The molecule has 0 aliphatic carbocycles. The Labute approximate surface area is 226 Å². The summed E-state index contributed by atoms with van der Waals surface area (Å²) < 4.78 is 52.0. The molecule has 2 heterocycles. The van der Waals surface area contributed by atoms with Gasteiger partial charge in [-0.15, -0.1) is 23.4 Å². The Morgan fingerprint density at radius 1 is 1.21 bits per heavy atom. The van der Waals surface area contributed by atoms with Crippen molar-refractivity contribution < 1.29 is 42.4 Å². The number of hydrogen-bond donors (Lipinski definition) is 3. The van der Waals surface area contributed by atoms with Crippen molar-refractivity contribution in [1.29, 1.82) is 0 Å². The van der Waals surface area contributed by atoms with E-state index in [2.05, 4.69) is 38.8 Å². The number of unbranched alkanes of at least 4 members (excludes halogenated alkanes) is 2. The number of anilines is 1. The summed E-state index contributed by atoms with van der Waals surface area (Å²) in [7, 11) is 0. The average molecular weight is 558 g/mol. The number of rotatable bonds is 11. The number of benzene rings is 1. The van der Waals surface area contributed by atoms with Crippen molar-refractivity contribution in [2.45, 2.75) is 91.3 Å². The molecule has 12 heteroatoms. The zero-order valence-corrected chi connectivity index (χ0v) is 22.6. The molecule has 0 fully saturated rings. The number of phenolic OH excluding ortho intramolecular Hbond substituents is 1. The summed E-state index contributed by atoms with van der Waals surface area (Å²) >= 11 is 0. The highest BCUT2D eigenvalue weighted by Gasteiger charge is 2.32. The third kappa shape index (κ3) is 9.85. The fourth-order valence-corrected chi connectivity index (χ4v) is 4.31. The molecule has 39 heavy (non-hydrogen) atoms. The van der Waals surface area contributed by atoms with Gasteiger partial charge in [0.1, 0.15) is 17.2 Å². The lowest BCUT2D eigenvalue weighted by Crippen LogP contribution is -2.22. The maximum Gasteiger partial charge on any atom is 0.573 e. The van der Waals surface area contributed by atoms with Gasteiger partial charge in [0, 0.05) is 29.8 Å². The van der Waals surface area contributed by atoms with Crippen molar-refractivity contribution in [1.82, 2.24) is 10.2 Å². The van der Waals surface area contributed by atoms with Gasteiger partial charge < -0.3 is 29.7 Å². The van der Waals surface area contributed by atoms with Crippen molar-refractivity contribution >= 4 is 12.3 Å². The van der Waals surface area contributed by atoms with E-state index in [0.29, 0.717) is 60.7 Å². The fourth-order valence-electron chi connectivity index (χ4n) is 4.31. The summed E-state index contributed by atoms with van der Waals surface area (Å²) in [4.78, 5) is 9.18. The van der Waals surface area contributed by atoms with Crippen LogP contribution in [0.5, 0.6) is 11.5 Å². The first-order valence-corrected chi connectivity index (χ1v) is 13.2. The van der Waals surface area contributed by atoms with E-state index >= 15 is 0 Å². The monoisotopic (exact) mass is 557 g/mol. The predicted molar refractivity (Wildman–Crippen MR) is 139 cm³/mol. The number of carbonyl (C=O) groups excluding carboxylic acids is 1. The number of aliphatic hydroxyl groups is 1. The Morgan fingerprint density at radius 2 is 1.97 bits per heavy atom. The molecule has 0 amide bonds. The molecule has 3 N–H and O–H groups in total. The quantitative estimate of drug-likeness (QED) is 0.237. The molecular weight excluding hydrogens is 519 g/mol. The van der Waals surface area contributed by atoms with E-state index in [-0.39, 0.29) is 24.8 Å². The molecule has 2 aromatic rings. The molecule has 1 aromatic heterocycles. The molecule has 218 valence electrons. The third-order valence-electron chi connectivity index (χ3n) is 6.18. The van der Waals surface area contributed by atoms with Crippen molar-refractivity contribution in [3.05, 3.63) is 28.8 Å². The molecule has 9 nitrogen and oxygen atoms in total. The lowest BCUT2D eigenvalue weighted by atomic mass is 9.94. The number of alkyl halides is 3. The summed E-state index contributed by atoms with van der Waals surface area (Å²) in [5.74, 6) is -0.476. The molecule has 0 spiro atoms. The van der Waals surface area contributed by atoms with Gasteiger partial charge in [-0.1, -0.05) is 33.1 Å². The average Bonchev–Trinajstić information content (AvgIpc) is 2.97. The molecule has 0 saturated heterocycles. The van der Waals surface area contributed by atoms with Gasteiger partial charge in [-0.05, 0) is 49.8 Å². The van der Waals surface area contributed by atoms with Crippen LogP contribution in [-0.4, -0.2) is 52.5 Å². The molecule has 0 bridgehead atoms. The smallest absolute Gasteiger partial charge is 0.507 e. The number of halogens is 3. The standard InChI is InChI=1S/C24H32F3N3O4.C3H6O2/c1-3-5-6-8-16(4-2)28-23-19(13-31)18-9-7-10-33-14-15-11-17(34-24(25,26)27)12-20(32)21(15)22(18)29-30-23;1-2-5-3-4/h11-12,16,31-32H,3-10,13-14H2,1-2H3,(H,28,30);3H,2H2,1H3. The van der Waals surface area contributed by atoms with Gasteiger partial charge in [-0.2, -0.15) is 0 Å². The van der Waals surface area contributed by atoms with Gasteiger partial charge in [0.25, 0.3) is 6.47 Å². The molecule has 1 unspecified atom stereocenters. The number of aromatic nitrogens is 2. The van der Waals surface area contributed by atoms with Gasteiger partial charge in [0.05, 0.1) is 19.8 Å². The van der Waals surface area contributed by atoms with Crippen LogP contribution in [0.25, 0.3) is 11.3 Å². The molecule has 1 aliphatic heterocycles. The van der Waals surface area contributed by atoms with Gasteiger partial charge >= 0.3 is 6.36 Å². The van der Waals surface area contributed by atoms with E-state index in [1.54, 1.807) is 6.92 Å². The van der Waals surface area contributed by atoms with Crippen molar-refractivity contribution in [2.24, 2.45) is 0 Å². The first kappa shape index (κ1) is 32.1. The van der Waals surface area contributed by atoms with Crippen LogP contribution in [0.4, 0.5) is 19.0 Å². The highest BCUT2D eigenvalue weighted by atomic mass is 19.4. The van der Waals surface area contributed by atoms with E-state index in [4.69, 9.17) is 4.74 Å². The minimum absolute atomic E-state index is 0.0249. The summed E-state index contributed by atoms with van der Waals surface area (Å²) in [5.41, 5.74) is 2.12. The first-order chi connectivity index (χ1) is 18.7. The number of aromatic hydroxyl groups is 1. The van der Waals surface area contributed by atoms with Gasteiger partial charge in [-0.25, -0.2) is 0 Å².